The van der Waals surface area contributed by atoms with Crippen LogP contribution >= 0.6 is 23.1 Å². The van der Waals surface area contributed by atoms with E-state index >= 15 is 0 Å². The van der Waals surface area contributed by atoms with Gasteiger partial charge in [-0.15, -0.1) is 23.1 Å². The van der Waals surface area contributed by atoms with Crippen LogP contribution in [0.25, 0.3) is 6.08 Å². The van der Waals surface area contributed by atoms with Gasteiger partial charge in [-0.05, 0) is 35.2 Å². The highest BCUT2D eigenvalue weighted by Gasteiger charge is 2.30. The molecule has 0 N–H and O–H groups in total. The summed E-state index contributed by atoms with van der Waals surface area (Å²) in [6.07, 6.45) is -2.83. The van der Waals surface area contributed by atoms with Gasteiger partial charge < -0.3 is 0 Å². The summed E-state index contributed by atoms with van der Waals surface area (Å²) in [4.78, 5) is 12.3. The standard InChI is InChI=1S/C15H9F3OS2/c16-15(17,18)11-3-1-2-9(7-11)6-10-8-21-14-12(13(10)19)4-5-20-14/h1-7H,8H2. The molecule has 0 spiro atoms. The lowest BCUT2D eigenvalue weighted by Gasteiger charge is -2.13. The first-order valence-corrected chi connectivity index (χ1v) is 7.94. The molecule has 0 aliphatic carbocycles. The first-order chi connectivity index (χ1) is 9.95. The van der Waals surface area contributed by atoms with E-state index in [0.717, 1.165) is 16.3 Å². The van der Waals surface area contributed by atoms with E-state index in [0.29, 0.717) is 22.5 Å². The lowest BCUT2D eigenvalue weighted by Crippen LogP contribution is -2.10. The normalized spacial score (nSPS) is 17.1. The van der Waals surface area contributed by atoms with Crippen LogP contribution in [0.5, 0.6) is 0 Å². The highest BCUT2D eigenvalue weighted by Crippen LogP contribution is 2.37. The molecule has 3 rings (SSSR count). The molecule has 1 aliphatic heterocycles. The van der Waals surface area contributed by atoms with Crippen molar-refractivity contribution in [2.45, 2.75) is 10.4 Å². The minimum absolute atomic E-state index is 0.0950. The van der Waals surface area contributed by atoms with Crippen molar-refractivity contribution < 1.29 is 18.0 Å². The molecular formula is C15H9F3OS2. The first kappa shape index (κ1) is 14.4. The van der Waals surface area contributed by atoms with Crippen molar-refractivity contribution in [2.24, 2.45) is 0 Å². The second-order valence-corrected chi connectivity index (χ2v) is 6.69. The van der Waals surface area contributed by atoms with Gasteiger partial charge in [0.05, 0.1) is 9.77 Å². The fourth-order valence-electron chi connectivity index (χ4n) is 2.07. The molecule has 0 saturated heterocycles. The second-order valence-electron chi connectivity index (χ2n) is 4.53. The largest absolute Gasteiger partial charge is 0.416 e. The second kappa shape index (κ2) is 5.35. The van der Waals surface area contributed by atoms with Gasteiger partial charge in [-0.1, -0.05) is 12.1 Å². The van der Waals surface area contributed by atoms with Crippen LogP contribution in [0.2, 0.25) is 0 Å². The Kier molecular flexibility index (Phi) is 3.67. The smallest absolute Gasteiger partial charge is 0.289 e. The van der Waals surface area contributed by atoms with Gasteiger partial charge in [0.1, 0.15) is 0 Å². The molecular weight excluding hydrogens is 317 g/mol. The van der Waals surface area contributed by atoms with Gasteiger partial charge in [-0.2, -0.15) is 13.2 Å². The number of thiophene rings is 1. The molecule has 2 heterocycles. The number of alkyl halides is 3. The minimum Gasteiger partial charge on any atom is -0.289 e. The maximum Gasteiger partial charge on any atom is 0.416 e. The van der Waals surface area contributed by atoms with Gasteiger partial charge >= 0.3 is 6.18 Å². The quantitative estimate of drug-likeness (QED) is 0.675. The number of ketones is 1. The molecule has 1 nitrogen and oxygen atoms in total. The maximum atomic E-state index is 12.7. The molecule has 2 aromatic rings. The molecule has 1 aromatic carbocycles. The summed E-state index contributed by atoms with van der Waals surface area (Å²) < 4.78 is 39.0. The number of carbonyl (C=O) groups excluding carboxylic acids is 1. The van der Waals surface area contributed by atoms with Crippen LogP contribution in [0.4, 0.5) is 13.2 Å². The zero-order valence-corrected chi connectivity index (χ0v) is 12.2. The highest BCUT2D eigenvalue weighted by atomic mass is 32.2. The van der Waals surface area contributed by atoms with E-state index in [2.05, 4.69) is 0 Å². The van der Waals surface area contributed by atoms with Crippen LogP contribution in [0.1, 0.15) is 21.5 Å². The van der Waals surface area contributed by atoms with Gasteiger partial charge in [-0.3, -0.25) is 4.79 Å². The van der Waals surface area contributed by atoms with E-state index in [1.807, 2.05) is 5.38 Å². The van der Waals surface area contributed by atoms with Crippen LogP contribution < -0.4 is 0 Å². The van der Waals surface area contributed by atoms with Gasteiger partial charge in [0.15, 0.2) is 5.78 Å². The SMILES string of the molecule is O=C1C(=Cc2cccc(C(F)(F)F)c2)CSc2sccc21. The predicted octanol–water partition coefficient (Wildman–Crippen LogP) is 5.14. The molecule has 1 aliphatic rings. The average molecular weight is 326 g/mol. The number of rotatable bonds is 1. The Hall–Kier alpha value is -1.53. The van der Waals surface area contributed by atoms with E-state index < -0.39 is 11.7 Å². The molecule has 6 heteroatoms. The monoisotopic (exact) mass is 326 g/mol. The number of carbonyl (C=O) groups is 1. The summed E-state index contributed by atoms with van der Waals surface area (Å²) in [6.45, 7) is 0. The molecule has 108 valence electrons. The molecule has 0 unspecified atom stereocenters. The Bertz CT molecular complexity index is 729. The van der Waals surface area contributed by atoms with E-state index in [1.165, 1.54) is 17.4 Å². The van der Waals surface area contributed by atoms with Crippen LogP contribution in [0, 0.1) is 0 Å². The molecule has 21 heavy (non-hydrogen) atoms. The lowest BCUT2D eigenvalue weighted by molar-refractivity contribution is -0.137. The third-order valence-electron chi connectivity index (χ3n) is 3.08. The molecule has 0 bridgehead atoms. The number of hydrogen-bond acceptors (Lipinski definition) is 3. The molecule has 0 amide bonds. The van der Waals surface area contributed by atoms with Crippen LogP contribution in [-0.4, -0.2) is 11.5 Å². The first-order valence-electron chi connectivity index (χ1n) is 6.08. The predicted molar refractivity (Wildman–Crippen MR) is 78.8 cm³/mol. The Morgan fingerprint density at radius 2 is 2.00 bits per heavy atom. The molecule has 0 fully saturated rings. The summed E-state index contributed by atoms with van der Waals surface area (Å²) in [7, 11) is 0. The van der Waals surface area contributed by atoms with Gasteiger partial charge in [0.25, 0.3) is 0 Å². The van der Waals surface area contributed by atoms with Crippen molar-refractivity contribution >= 4 is 35.0 Å². The summed E-state index contributed by atoms with van der Waals surface area (Å²) in [5.41, 5.74) is 0.871. The van der Waals surface area contributed by atoms with Crippen molar-refractivity contribution in [2.75, 3.05) is 5.75 Å². The van der Waals surface area contributed by atoms with Crippen molar-refractivity contribution in [1.82, 2.24) is 0 Å². The summed E-state index contributed by atoms with van der Waals surface area (Å²) in [5.74, 6) is 0.394. The molecule has 0 radical (unpaired) electrons. The fourth-order valence-corrected chi connectivity index (χ4v) is 4.12. The third kappa shape index (κ3) is 2.91. The Balaban J connectivity index is 1.95. The average Bonchev–Trinajstić information content (AvgIpc) is 2.91. The number of hydrogen-bond donors (Lipinski definition) is 0. The summed E-state index contributed by atoms with van der Waals surface area (Å²) >= 11 is 3.05. The number of Topliss-reactive ketones (excluding diaryl/α,β-unsaturated/α-hetero) is 1. The van der Waals surface area contributed by atoms with Crippen molar-refractivity contribution in [1.29, 1.82) is 0 Å². The van der Waals surface area contributed by atoms with Crippen molar-refractivity contribution in [3.8, 4) is 0 Å². The van der Waals surface area contributed by atoms with Gasteiger partial charge in [0.2, 0.25) is 0 Å². The number of halogens is 3. The van der Waals surface area contributed by atoms with Gasteiger partial charge in [-0.25, -0.2) is 0 Å². The van der Waals surface area contributed by atoms with Crippen LogP contribution in [-0.2, 0) is 6.18 Å². The van der Waals surface area contributed by atoms with Gasteiger partial charge in [0, 0.05) is 16.9 Å². The van der Waals surface area contributed by atoms with E-state index in [-0.39, 0.29) is 5.78 Å². The lowest BCUT2D eigenvalue weighted by atomic mass is 10.0. The fraction of sp³-hybridized carbons (Fsp3) is 0.133. The van der Waals surface area contributed by atoms with E-state index in [4.69, 9.17) is 0 Å². The number of benzene rings is 1. The Morgan fingerprint density at radius 3 is 2.76 bits per heavy atom. The Labute approximate surface area is 127 Å². The topological polar surface area (TPSA) is 17.1 Å². The number of thioether (sulfide) groups is 1. The summed E-state index contributed by atoms with van der Waals surface area (Å²) in [5, 5.41) is 1.85. The molecule has 0 saturated carbocycles. The Morgan fingerprint density at radius 1 is 1.19 bits per heavy atom. The van der Waals surface area contributed by atoms with Crippen molar-refractivity contribution in [3.63, 3.8) is 0 Å². The third-order valence-corrected chi connectivity index (χ3v) is 5.37. The molecule has 0 atom stereocenters. The highest BCUT2D eigenvalue weighted by molar-refractivity contribution is 8.01. The van der Waals surface area contributed by atoms with E-state index in [9.17, 15) is 18.0 Å². The molecule has 1 aromatic heterocycles. The number of fused-ring (bicyclic) bond motifs is 1. The summed E-state index contributed by atoms with van der Waals surface area (Å²) in [6, 6.07) is 6.77. The minimum atomic E-state index is -4.37. The van der Waals surface area contributed by atoms with Crippen LogP contribution in [0.3, 0.4) is 0 Å². The van der Waals surface area contributed by atoms with Crippen molar-refractivity contribution in [3.05, 3.63) is 58.0 Å². The zero-order chi connectivity index (χ0) is 15.0. The van der Waals surface area contributed by atoms with Crippen LogP contribution in [0.15, 0.2) is 45.5 Å². The zero-order valence-electron chi connectivity index (χ0n) is 10.6. The maximum absolute atomic E-state index is 12.7. The van der Waals surface area contributed by atoms with E-state index in [1.54, 1.807) is 30.0 Å².